The Bertz CT molecular complexity index is 621. The van der Waals surface area contributed by atoms with Crippen LogP contribution in [-0.2, 0) is 19.4 Å². The Labute approximate surface area is 129 Å². The molecule has 1 nitrogen and oxygen atoms in total. The third-order valence-corrected chi connectivity index (χ3v) is 6.08. The van der Waals surface area contributed by atoms with E-state index in [0.717, 1.165) is 24.9 Å². The summed E-state index contributed by atoms with van der Waals surface area (Å²) in [5, 5.41) is 3.63. The van der Waals surface area contributed by atoms with E-state index in [1.54, 1.807) is 22.6 Å². The van der Waals surface area contributed by atoms with Gasteiger partial charge in [0.15, 0.2) is 0 Å². The fourth-order valence-electron chi connectivity index (χ4n) is 3.57. The van der Waals surface area contributed by atoms with E-state index < -0.39 is 0 Å². The highest BCUT2D eigenvalue weighted by Gasteiger charge is 2.31. The Kier molecular flexibility index (Phi) is 3.56. The maximum atomic E-state index is 13.7. The van der Waals surface area contributed by atoms with E-state index in [4.69, 9.17) is 0 Å². The van der Waals surface area contributed by atoms with Crippen molar-refractivity contribution in [3.63, 3.8) is 0 Å². The number of thiophene rings is 1. The summed E-state index contributed by atoms with van der Waals surface area (Å²) in [7, 11) is 0. The summed E-state index contributed by atoms with van der Waals surface area (Å²) in [6.07, 6.45) is 6.00. The van der Waals surface area contributed by atoms with Gasteiger partial charge in [0, 0.05) is 22.3 Å². The Morgan fingerprint density at radius 3 is 2.86 bits per heavy atom. The lowest BCUT2D eigenvalue weighted by molar-refractivity contribution is 0.284. The first kappa shape index (κ1) is 13.5. The molecular weight excluding hydrogens is 281 g/mol. The van der Waals surface area contributed by atoms with Crippen LogP contribution in [0.15, 0.2) is 30.3 Å². The predicted molar refractivity (Wildman–Crippen MR) is 85.3 cm³/mol. The SMILES string of the molecule is Fc1ccccc1C1CC(NCc2cc3c(s2)CCC3)C1. The molecule has 0 atom stereocenters. The second-order valence-electron chi connectivity index (χ2n) is 6.28. The molecule has 110 valence electrons. The molecule has 2 aliphatic carbocycles. The second kappa shape index (κ2) is 5.54. The van der Waals surface area contributed by atoms with E-state index in [0.29, 0.717) is 12.0 Å². The summed E-state index contributed by atoms with van der Waals surface area (Å²) in [5.41, 5.74) is 2.47. The van der Waals surface area contributed by atoms with Crippen LogP contribution in [0.25, 0.3) is 0 Å². The average Bonchev–Trinajstić information content (AvgIpc) is 2.99. The molecule has 0 bridgehead atoms. The molecule has 1 aromatic heterocycles. The quantitative estimate of drug-likeness (QED) is 0.882. The molecule has 3 heteroatoms. The first-order valence-electron chi connectivity index (χ1n) is 7.88. The van der Waals surface area contributed by atoms with Gasteiger partial charge < -0.3 is 5.32 Å². The Hall–Kier alpha value is -1.19. The standard InChI is InChI=1S/C18H20FNS/c19-17-6-2-1-5-16(17)13-8-14(9-13)20-11-15-10-12-4-3-7-18(12)21-15/h1-2,5-6,10,13-14,20H,3-4,7-9,11H2. The molecule has 0 amide bonds. The summed E-state index contributed by atoms with van der Waals surface area (Å²) < 4.78 is 13.7. The number of rotatable bonds is 4. The van der Waals surface area contributed by atoms with Crippen LogP contribution in [0.4, 0.5) is 4.39 Å². The van der Waals surface area contributed by atoms with Gasteiger partial charge in [0.25, 0.3) is 0 Å². The van der Waals surface area contributed by atoms with Crippen molar-refractivity contribution in [1.29, 1.82) is 0 Å². The van der Waals surface area contributed by atoms with Gasteiger partial charge >= 0.3 is 0 Å². The van der Waals surface area contributed by atoms with Gasteiger partial charge in [-0.05, 0) is 61.3 Å². The van der Waals surface area contributed by atoms with Crippen molar-refractivity contribution in [3.05, 3.63) is 57.0 Å². The van der Waals surface area contributed by atoms with Gasteiger partial charge in [-0.15, -0.1) is 11.3 Å². The minimum atomic E-state index is -0.0457. The summed E-state index contributed by atoms with van der Waals surface area (Å²) in [4.78, 5) is 3.07. The summed E-state index contributed by atoms with van der Waals surface area (Å²) in [5.74, 6) is 0.354. The normalized spacial score (nSPS) is 23.9. The molecule has 0 radical (unpaired) electrons. The minimum absolute atomic E-state index is 0.0457. The number of benzene rings is 1. The van der Waals surface area contributed by atoms with Gasteiger partial charge in [-0.25, -0.2) is 4.39 Å². The molecule has 1 saturated carbocycles. The van der Waals surface area contributed by atoms with Crippen LogP contribution in [0.5, 0.6) is 0 Å². The lowest BCUT2D eigenvalue weighted by Crippen LogP contribution is -2.39. The lowest BCUT2D eigenvalue weighted by atomic mass is 9.75. The van der Waals surface area contributed by atoms with Crippen LogP contribution >= 0.6 is 11.3 Å². The van der Waals surface area contributed by atoms with Crippen LogP contribution < -0.4 is 5.32 Å². The predicted octanol–water partition coefficient (Wildman–Crippen LogP) is 4.41. The zero-order valence-electron chi connectivity index (χ0n) is 12.1. The smallest absolute Gasteiger partial charge is 0.126 e. The molecule has 1 heterocycles. The lowest BCUT2D eigenvalue weighted by Gasteiger charge is -2.36. The zero-order valence-corrected chi connectivity index (χ0v) is 12.9. The largest absolute Gasteiger partial charge is 0.309 e. The molecule has 1 fully saturated rings. The molecule has 1 N–H and O–H groups in total. The summed E-state index contributed by atoms with van der Waals surface area (Å²) >= 11 is 1.98. The van der Waals surface area contributed by atoms with Crippen LogP contribution in [0.3, 0.4) is 0 Å². The van der Waals surface area contributed by atoms with Crippen LogP contribution in [0, 0.1) is 5.82 Å². The highest BCUT2D eigenvalue weighted by molar-refractivity contribution is 7.12. The van der Waals surface area contributed by atoms with E-state index in [1.165, 1.54) is 24.1 Å². The van der Waals surface area contributed by atoms with Gasteiger partial charge in [-0.1, -0.05) is 18.2 Å². The highest BCUT2D eigenvalue weighted by atomic mass is 32.1. The molecule has 0 aliphatic heterocycles. The number of aryl methyl sites for hydroxylation is 2. The number of hydrogen-bond donors (Lipinski definition) is 1. The minimum Gasteiger partial charge on any atom is -0.309 e. The number of halogens is 1. The zero-order chi connectivity index (χ0) is 14.2. The van der Waals surface area contributed by atoms with Crippen molar-refractivity contribution < 1.29 is 4.39 Å². The molecule has 2 aliphatic rings. The molecule has 2 aromatic rings. The van der Waals surface area contributed by atoms with Crippen LogP contribution in [0.1, 0.15) is 46.1 Å². The number of fused-ring (bicyclic) bond motifs is 1. The second-order valence-corrected chi connectivity index (χ2v) is 7.50. The van der Waals surface area contributed by atoms with Gasteiger partial charge in [-0.3, -0.25) is 0 Å². The molecule has 0 saturated heterocycles. The van der Waals surface area contributed by atoms with Crippen molar-refractivity contribution in [2.75, 3.05) is 0 Å². The maximum Gasteiger partial charge on any atom is 0.126 e. The van der Waals surface area contributed by atoms with Crippen molar-refractivity contribution in [1.82, 2.24) is 5.32 Å². The molecule has 1 aromatic carbocycles. The van der Waals surface area contributed by atoms with E-state index in [9.17, 15) is 4.39 Å². The molecule has 0 unspecified atom stereocenters. The first-order chi connectivity index (χ1) is 10.3. The van der Waals surface area contributed by atoms with E-state index in [1.807, 2.05) is 23.5 Å². The van der Waals surface area contributed by atoms with Crippen molar-refractivity contribution >= 4 is 11.3 Å². The van der Waals surface area contributed by atoms with E-state index in [2.05, 4.69) is 11.4 Å². The average molecular weight is 301 g/mol. The first-order valence-corrected chi connectivity index (χ1v) is 8.69. The van der Waals surface area contributed by atoms with Crippen molar-refractivity contribution in [3.8, 4) is 0 Å². The topological polar surface area (TPSA) is 12.0 Å². The van der Waals surface area contributed by atoms with Gasteiger partial charge in [0.2, 0.25) is 0 Å². The van der Waals surface area contributed by atoms with Crippen LogP contribution in [-0.4, -0.2) is 6.04 Å². The summed E-state index contributed by atoms with van der Waals surface area (Å²) in [6, 6.07) is 10.1. The summed E-state index contributed by atoms with van der Waals surface area (Å²) in [6.45, 7) is 0.978. The maximum absolute atomic E-state index is 13.7. The highest BCUT2D eigenvalue weighted by Crippen LogP contribution is 2.38. The van der Waals surface area contributed by atoms with E-state index in [-0.39, 0.29) is 5.82 Å². The Balaban J connectivity index is 1.29. The van der Waals surface area contributed by atoms with E-state index >= 15 is 0 Å². The number of hydrogen-bond acceptors (Lipinski definition) is 2. The van der Waals surface area contributed by atoms with Gasteiger partial charge in [0.1, 0.15) is 5.82 Å². The Morgan fingerprint density at radius 2 is 2.05 bits per heavy atom. The molecule has 4 rings (SSSR count). The fourth-order valence-corrected chi connectivity index (χ4v) is 4.78. The third kappa shape index (κ3) is 2.65. The molecule has 0 spiro atoms. The molecule has 21 heavy (non-hydrogen) atoms. The van der Waals surface area contributed by atoms with Crippen molar-refractivity contribution in [2.45, 2.75) is 50.6 Å². The third-order valence-electron chi connectivity index (χ3n) is 4.85. The van der Waals surface area contributed by atoms with Gasteiger partial charge in [-0.2, -0.15) is 0 Å². The molecular formula is C18H20FNS. The van der Waals surface area contributed by atoms with Crippen molar-refractivity contribution in [2.24, 2.45) is 0 Å². The number of nitrogens with one attached hydrogen (secondary N) is 1. The Morgan fingerprint density at radius 1 is 1.19 bits per heavy atom. The monoisotopic (exact) mass is 301 g/mol. The van der Waals surface area contributed by atoms with Gasteiger partial charge in [0.05, 0.1) is 0 Å². The van der Waals surface area contributed by atoms with Crippen LogP contribution in [0.2, 0.25) is 0 Å². The fraction of sp³-hybridized carbons (Fsp3) is 0.444.